The number of hydrogen-bond donors (Lipinski definition) is 1. The fourth-order valence-corrected chi connectivity index (χ4v) is 1.79. The second kappa shape index (κ2) is 7.40. The van der Waals surface area contributed by atoms with Gasteiger partial charge in [0.05, 0.1) is 12.2 Å². The van der Waals surface area contributed by atoms with Gasteiger partial charge in [0.25, 0.3) is 5.91 Å². The van der Waals surface area contributed by atoms with Crippen LogP contribution < -0.4 is 15.0 Å². The Morgan fingerprint density at radius 3 is 2.86 bits per heavy atom. The van der Waals surface area contributed by atoms with Crippen LogP contribution in [0.4, 0.5) is 5.95 Å². The van der Waals surface area contributed by atoms with E-state index in [1.807, 2.05) is 50.2 Å². The highest BCUT2D eigenvalue weighted by Gasteiger charge is 2.05. The molecule has 1 N–H and O–H groups in total. The summed E-state index contributed by atoms with van der Waals surface area (Å²) in [5.74, 6) is 1.11. The van der Waals surface area contributed by atoms with E-state index in [4.69, 9.17) is 4.74 Å². The molecule has 0 saturated heterocycles. The van der Waals surface area contributed by atoms with E-state index >= 15 is 0 Å². The molecule has 6 heteroatoms. The van der Waals surface area contributed by atoms with Crippen molar-refractivity contribution in [3.8, 4) is 5.75 Å². The molecule has 1 heterocycles. The third kappa shape index (κ3) is 4.73. The summed E-state index contributed by atoms with van der Waals surface area (Å²) in [6.07, 6.45) is 1.67. The minimum atomic E-state index is -0.188. The fraction of sp³-hybridized carbons (Fsp3) is 0.312. The fourth-order valence-electron chi connectivity index (χ4n) is 1.79. The highest BCUT2D eigenvalue weighted by atomic mass is 16.5. The number of ether oxygens (including phenoxy) is 1. The molecule has 6 nitrogen and oxygen atoms in total. The van der Waals surface area contributed by atoms with Crippen molar-refractivity contribution in [2.24, 2.45) is 0 Å². The summed E-state index contributed by atoms with van der Waals surface area (Å²) >= 11 is 0. The lowest BCUT2D eigenvalue weighted by molar-refractivity contribution is -0.123. The predicted molar refractivity (Wildman–Crippen MR) is 84.9 cm³/mol. The van der Waals surface area contributed by atoms with Crippen LogP contribution in [0.15, 0.2) is 36.5 Å². The monoisotopic (exact) mass is 300 g/mol. The highest BCUT2D eigenvalue weighted by Crippen LogP contribution is 2.11. The summed E-state index contributed by atoms with van der Waals surface area (Å²) in [5, 5.41) is 2.78. The zero-order valence-electron chi connectivity index (χ0n) is 13.0. The Kier molecular flexibility index (Phi) is 5.30. The van der Waals surface area contributed by atoms with Crippen LogP contribution in [0, 0.1) is 6.92 Å². The Labute approximate surface area is 130 Å². The minimum absolute atomic E-state index is 0.0188. The van der Waals surface area contributed by atoms with Gasteiger partial charge in [-0.15, -0.1) is 0 Å². The lowest BCUT2D eigenvalue weighted by Crippen LogP contribution is -2.29. The highest BCUT2D eigenvalue weighted by molar-refractivity contribution is 5.77. The molecule has 0 aliphatic rings. The lowest BCUT2D eigenvalue weighted by Gasteiger charge is -2.11. The predicted octanol–water partition coefficient (Wildman–Crippen LogP) is 1.55. The molecule has 0 aliphatic heterocycles. The number of carbonyl (C=O) groups excluding carboxylic acids is 1. The number of aromatic nitrogens is 2. The van der Waals surface area contributed by atoms with Gasteiger partial charge in [-0.05, 0) is 30.7 Å². The van der Waals surface area contributed by atoms with Crippen molar-refractivity contribution in [1.29, 1.82) is 0 Å². The average molecular weight is 300 g/mol. The zero-order chi connectivity index (χ0) is 15.9. The van der Waals surface area contributed by atoms with Gasteiger partial charge in [-0.1, -0.05) is 12.1 Å². The zero-order valence-corrected chi connectivity index (χ0v) is 13.0. The Bertz CT molecular complexity index is 644. The van der Waals surface area contributed by atoms with Crippen molar-refractivity contribution in [3.05, 3.63) is 47.8 Å². The number of carbonyl (C=O) groups is 1. The number of amides is 1. The maximum atomic E-state index is 11.8. The van der Waals surface area contributed by atoms with Gasteiger partial charge in [-0.3, -0.25) is 4.79 Å². The molecule has 2 rings (SSSR count). The Balaban J connectivity index is 1.81. The Morgan fingerprint density at radius 2 is 2.14 bits per heavy atom. The van der Waals surface area contributed by atoms with E-state index in [1.165, 1.54) is 0 Å². The number of rotatable bonds is 6. The van der Waals surface area contributed by atoms with Gasteiger partial charge in [-0.25, -0.2) is 9.97 Å². The van der Waals surface area contributed by atoms with Crippen LogP contribution in [0.5, 0.6) is 5.75 Å². The molecule has 1 aromatic carbocycles. The second-order valence-corrected chi connectivity index (χ2v) is 5.12. The quantitative estimate of drug-likeness (QED) is 0.876. The van der Waals surface area contributed by atoms with E-state index in [-0.39, 0.29) is 12.5 Å². The van der Waals surface area contributed by atoms with Crippen LogP contribution in [0.3, 0.4) is 0 Å². The van der Waals surface area contributed by atoms with Crippen LogP contribution in [-0.2, 0) is 11.3 Å². The van der Waals surface area contributed by atoms with E-state index in [0.29, 0.717) is 18.2 Å². The van der Waals surface area contributed by atoms with Crippen molar-refractivity contribution in [2.75, 3.05) is 25.6 Å². The van der Waals surface area contributed by atoms with Crippen molar-refractivity contribution >= 4 is 11.9 Å². The summed E-state index contributed by atoms with van der Waals surface area (Å²) in [5.41, 5.74) is 1.85. The topological polar surface area (TPSA) is 67.3 Å². The summed E-state index contributed by atoms with van der Waals surface area (Å²) in [4.78, 5) is 22.1. The van der Waals surface area contributed by atoms with Crippen molar-refractivity contribution in [3.63, 3.8) is 0 Å². The van der Waals surface area contributed by atoms with Gasteiger partial charge in [0.1, 0.15) is 5.75 Å². The normalized spacial score (nSPS) is 10.1. The molecule has 116 valence electrons. The molecule has 0 saturated carbocycles. The summed E-state index contributed by atoms with van der Waals surface area (Å²) in [6, 6.07) is 9.36. The van der Waals surface area contributed by atoms with E-state index in [9.17, 15) is 4.79 Å². The lowest BCUT2D eigenvalue weighted by atomic mass is 10.2. The van der Waals surface area contributed by atoms with Crippen molar-refractivity contribution in [1.82, 2.24) is 15.3 Å². The Morgan fingerprint density at radius 1 is 1.32 bits per heavy atom. The number of anilines is 1. The van der Waals surface area contributed by atoms with Crippen molar-refractivity contribution in [2.45, 2.75) is 13.5 Å². The molecule has 0 radical (unpaired) electrons. The van der Waals surface area contributed by atoms with Crippen LogP contribution in [0.1, 0.15) is 11.3 Å². The van der Waals surface area contributed by atoms with E-state index in [1.54, 1.807) is 12.3 Å². The molecule has 2 aromatic rings. The number of hydrogen-bond acceptors (Lipinski definition) is 5. The van der Waals surface area contributed by atoms with Crippen LogP contribution in [0.2, 0.25) is 0 Å². The molecular formula is C16H20N4O2. The average Bonchev–Trinajstić information content (AvgIpc) is 2.51. The molecule has 22 heavy (non-hydrogen) atoms. The molecule has 0 spiro atoms. The van der Waals surface area contributed by atoms with Crippen LogP contribution in [0.25, 0.3) is 0 Å². The number of nitrogens with zero attached hydrogens (tertiary/aromatic N) is 3. The first-order valence-electron chi connectivity index (χ1n) is 7.00. The molecule has 0 bridgehead atoms. The third-order valence-corrected chi connectivity index (χ3v) is 2.93. The first-order chi connectivity index (χ1) is 10.5. The standard InChI is InChI=1S/C16H20N4O2/c1-12-5-4-6-14(9-12)22-11-15(21)18-10-13-7-8-17-16(19-13)20(2)3/h4-9H,10-11H2,1-3H3,(H,18,21). The Hall–Kier alpha value is -2.63. The van der Waals surface area contributed by atoms with Gasteiger partial charge < -0.3 is 15.0 Å². The molecular weight excluding hydrogens is 280 g/mol. The van der Waals surface area contributed by atoms with Crippen molar-refractivity contribution < 1.29 is 9.53 Å². The molecule has 0 unspecified atom stereocenters. The van der Waals surface area contributed by atoms with E-state index in [0.717, 1.165) is 11.3 Å². The summed E-state index contributed by atoms with van der Waals surface area (Å²) in [7, 11) is 3.74. The SMILES string of the molecule is Cc1cccc(OCC(=O)NCc2ccnc(N(C)C)n2)c1. The largest absolute Gasteiger partial charge is 0.484 e. The first-order valence-corrected chi connectivity index (χ1v) is 7.00. The number of aryl methyl sites for hydroxylation is 1. The first kappa shape index (κ1) is 15.8. The van der Waals surface area contributed by atoms with Crippen LogP contribution in [-0.4, -0.2) is 36.6 Å². The number of benzene rings is 1. The van der Waals surface area contributed by atoms with Gasteiger partial charge in [0, 0.05) is 20.3 Å². The second-order valence-electron chi connectivity index (χ2n) is 5.12. The molecule has 1 amide bonds. The molecule has 0 fully saturated rings. The summed E-state index contributed by atoms with van der Waals surface area (Å²) in [6.45, 7) is 2.30. The van der Waals surface area contributed by atoms with Gasteiger partial charge in [0.2, 0.25) is 5.95 Å². The molecule has 0 atom stereocenters. The van der Waals surface area contributed by atoms with Gasteiger partial charge in [0.15, 0.2) is 6.61 Å². The maximum absolute atomic E-state index is 11.8. The maximum Gasteiger partial charge on any atom is 0.258 e. The van der Waals surface area contributed by atoms with Crippen LogP contribution >= 0.6 is 0 Å². The van der Waals surface area contributed by atoms with E-state index in [2.05, 4.69) is 15.3 Å². The molecule has 0 aliphatic carbocycles. The smallest absolute Gasteiger partial charge is 0.258 e. The van der Waals surface area contributed by atoms with Gasteiger partial charge in [-0.2, -0.15) is 0 Å². The van der Waals surface area contributed by atoms with Gasteiger partial charge >= 0.3 is 0 Å². The minimum Gasteiger partial charge on any atom is -0.484 e. The third-order valence-electron chi connectivity index (χ3n) is 2.93. The van der Waals surface area contributed by atoms with E-state index < -0.39 is 0 Å². The summed E-state index contributed by atoms with van der Waals surface area (Å²) < 4.78 is 5.45. The molecule has 1 aromatic heterocycles. The number of nitrogens with one attached hydrogen (secondary N) is 1.